The fraction of sp³-hybridized carbons (Fsp3) is 0.304. The zero-order valence-electron chi connectivity index (χ0n) is 17.1. The van der Waals surface area contributed by atoms with Gasteiger partial charge in [-0.2, -0.15) is 5.26 Å². The molecule has 152 valence electrons. The van der Waals surface area contributed by atoms with E-state index in [2.05, 4.69) is 20.9 Å². The summed E-state index contributed by atoms with van der Waals surface area (Å²) in [7, 11) is 0. The van der Waals surface area contributed by atoms with Crippen LogP contribution in [0.15, 0.2) is 42.7 Å². The highest BCUT2D eigenvalue weighted by Crippen LogP contribution is 2.34. The highest BCUT2D eigenvalue weighted by atomic mass is 19.1. The number of hydrogen-bond donors (Lipinski definition) is 0. The van der Waals surface area contributed by atoms with Crippen LogP contribution in [0.25, 0.3) is 22.4 Å². The van der Waals surface area contributed by atoms with Crippen molar-refractivity contribution in [3.05, 3.63) is 59.8 Å². The van der Waals surface area contributed by atoms with Crippen molar-refractivity contribution < 1.29 is 9.13 Å². The van der Waals surface area contributed by atoms with E-state index in [0.29, 0.717) is 35.9 Å². The number of rotatable bonds is 3. The summed E-state index contributed by atoms with van der Waals surface area (Å²) in [4.78, 5) is 15.7. The summed E-state index contributed by atoms with van der Waals surface area (Å²) in [5.41, 5.74) is 3.75. The number of pyridine rings is 1. The monoisotopic (exact) mass is 403 g/mol. The third-order valence-corrected chi connectivity index (χ3v) is 5.04. The molecule has 0 bridgehead atoms. The van der Waals surface area contributed by atoms with Gasteiger partial charge in [-0.1, -0.05) is 0 Å². The number of halogens is 1. The van der Waals surface area contributed by atoms with Gasteiger partial charge in [-0.15, -0.1) is 0 Å². The number of benzene rings is 1. The molecule has 1 aliphatic rings. The first kappa shape index (κ1) is 19.9. The fourth-order valence-corrected chi connectivity index (χ4v) is 3.81. The quantitative estimate of drug-likeness (QED) is 0.654. The second kappa shape index (κ2) is 8.17. The number of aryl methyl sites for hydroxylation is 1. The van der Waals surface area contributed by atoms with Crippen molar-refractivity contribution >= 4 is 5.95 Å². The van der Waals surface area contributed by atoms with Crippen LogP contribution in [-0.2, 0) is 4.74 Å². The van der Waals surface area contributed by atoms with Gasteiger partial charge in [0.1, 0.15) is 5.82 Å². The zero-order chi connectivity index (χ0) is 21.3. The number of nitriles is 1. The Labute approximate surface area is 175 Å². The SMILES string of the molecule is Cc1cc(-c2cnc(N3C[C@@H](C)O[C@@H](C)C3)nc2-c2cc(F)ccc2C#N)ccn1. The van der Waals surface area contributed by atoms with Gasteiger partial charge in [0.25, 0.3) is 0 Å². The molecule has 3 heterocycles. The molecule has 1 aliphatic heterocycles. The van der Waals surface area contributed by atoms with Crippen LogP contribution in [0.5, 0.6) is 0 Å². The van der Waals surface area contributed by atoms with E-state index in [4.69, 9.17) is 9.72 Å². The van der Waals surface area contributed by atoms with Gasteiger partial charge < -0.3 is 9.64 Å². The van der Waals surface area contributed by atoms with Crippen LogP contribution >= 0.6 is 0 Å². The largest absolute Gasteiger partial charge is 0.372 e. The second-order valence-electron chi connectivity index (χ2n) is 7.58. The fourth-order valence-electron chi connectivity index (χ4n) is 3.81. The van der Waals surface area contributed by atoms with Gasteiger partial charge in [0.2, 0.25) is 5.95 Å². The predicted molar refractivity (Wildman–Crippen MR) is 112 cm³/mol. The Kier molecular flexibility index (Phi) is 5.42. The van der Waals surface area contributed by atoms with Gasteiger partial charge in [0.05, 0.1) is 29.5 Å². The molecule has 3 aromatic rings. The Morgan fingerprint density at radius 1 is 1.10 bits per heavy atom. The van der Waals surface area contributed by atoms with E-state index in [1.54, 1.807) is 12.4 Å². The first-order valence-corrected chi connectivity index (χ1v) is 9.85. The smallest absolute Gasteiger partial charge is 0.226 e. The van der Waals surface area contributed by atoms with E-state index in [-0.39, 0.29) is 12.2 Å². The molecular weight excluding hydrogens is 381 g/mol. The van der Waals surface area contributed by atoms with Crippen molar-refractivity contribution in [2.24, 2.45) is 0 Å². The molecule has 1 saturated heterocycles. The van der Waals surface area contributed by atoms with Crippen molar-refractivity contribution in [1.29, 1.82) is 5.26 Å². The predicted octanol–water partition coefficient (Wildman–Crippen LogP) is 4.14. The lowest BCUT2D eigenvalue weighted by Gasteiger charge is -2.35. The number of ether oxygens (including phenoxy) is 1. The average Bonchev–Trinajstić information content (AvgIpc) is 2.72. The van der Waals surface area contributed by atoms with Gasteiger partial charge in [-0.05, 0) is 56.7 Å². The first-order chi connectivity index (χ1) is 14.4. The normalized spacial score (nSPS) is 18.8. The van der Waals surface area contributed by atoms with Crippen molar-refractivity contribution in [3.8, 4) is 28.5 Å². The summed E-state index contributed by atoms with van der Waals surface area (Å²) in [5.74, 6) is 0.115. The highest BCUT2D eigenvalue weighted by Gasteiger charge is 2.25. The topological polar surface area (TPSA) is 74.9 Å². The van der Waals surface area contributed by atoms with Gasteiger partial charge in [0, 0.05) is 42.3 Å². The van der Waals surface area contributed by atoms with Crippen molar-refractivity contribution in [2.75, 3.05) is 18.0 Å². The van der Waals surface area contributed by atoms with Crippen LogP contribution in [0, 0.1) is 24.1 Å². The molecule has 0 radical (unpaired) electrons. The van der Waals surface area contributed by atoms with E-state index >= 15 is 0 Å². The van der Waals surface area contributed by atoms with Crippen LogP contribution in [0.3, 0.4) is 0 Å². The van der Waals surface area contributed by atoms with Gasteiger partial charge in [-0.3, -0.25) is 4.98 Å². The Morgan fingerprint density at radius 3 is 2.57 bits per heavy atom. The molecule has 7 heteroatoms. The standard InChI is InChI=1S/C23H22FN5O/c1-14-8-17(6-7-26-14)21-11-27-23(29-12-15(2)30-16(3)13-29)28-22(21)20-9-19(24)5-4-18(20)10-25/h4-9,11,15-16H,12-13H2,1-3H3/t15-,16+. The number of morpholine rings is 1. The summed E-state index contributed by atoms with van der Waals surface area (Å²) in [6.07, 6.45) is 3.55. The summed E-state index contributed by atoms with van der Waals surface area (Å²) in [5, 5.41) is 9.61. The molecule has 0 unspecified atom stereocenters. The van der Waals surface area contributed by atoms with Crippen LogP contribution in [-0.4, -0.2) is 40.2 Å². The van der Waals surface area contributed by atoms with E-state index in [9.17, 15) is 9.65 Å². The number of aromatic nitrogens is 3. The van der Waals surface area contributed by atoms with E-state index < -0.39 is 5.82 Å². The van der Waals surface area contributed by atoms with Gasteiger partial charge >= 0.3 is 0 Å². The molecule has 6 nitrogen and oxygen atoms in total. The van der Waals surface area contributed by atoms with Crippen molar-refractivity contribution in [1.82, 2.24) is 15.0 Å². The van der Waals surface area contributed by atoms with E-state index in [1.807, 2.05) is 32.9 Å². The van der Waals surface area contributed by atoms with E-state index in [1.165, 1.54) is 18.2 Å². The second-order valence-corrected chi connectivity index (χ2v) is 7.58. The first-order valence-electron chi connectivity index (χ1n) is 9.85. The number of nitrogens with zero attached hydrogens (tertiary/aromatic N) is 5. The minimum absolute atomic E-state index is 0.0483. The van der Waals surface area contributed by atoms with Crippen molar-refractivity contribution in [3.63, 3.8) is 0 Å². The third kappa shape index (κ3) is 4.00. The van der Waals surface area contributed by atoms with Crippen molar-refractivity contribution in [2.45, 2.75) is 33.0 Å². The maximum Gasteiger partial charge on any atom is 0.226 e. The lowest BCUT2D eigenvalue weighted by atomic mass is 9.97. The summed E-state index contributed by atoms with van der Waals surface area (Å²) < 4.78 is 19.9. The van der Waals surface area contributed by atoms with Gasteiger partial charge in [-0.25, -0.2) is 14.4 Å². The van der Waals surface area contributed by atoms with Crippen LogP contribution in [0.1, 0.15) is 25.1 Å². The maximum absolute atomic E-state index is 14.1. The van der Waals surface area contributed by atoms with E-state index in [0.717, 1.165) is 16.8 Å². The van der Waals surface area contributed by atoms with Crippen LogP contribution in [0.4, 0.5) is 10.3 Å². The Hall–Kier alpha value is -3.37. The summed E-state index contributed by atoms with van der Waals surface area (Å²) in [6.45, 7) is 7.24. The molecule has 0 aliphatic carbocycles. The minimum Gasteiger partial charge on any atom is -0.372 e. The molecule has 0 amide bonds. The number of anilines is 1. The Morgan fingerprint density at radius 2 is 1.87 bits per heavy atom. The molecule has 2 atom stereocenters. The van der Waals surface area contributed by atoms with Crippen LogP contribution in [0.2, 0.25) is 0 Å². The lowest BCUT2D eigenvalue weighted by Crippen LogP contribution is -2.46. The number of hydrogen-bond acceptors (Lipinski definition) is 6. The lowest BCUT2D eigenvalue weighted by molar-refractivity contribution is -0.00571. The summed E-state index contributed by atoms with van der Waals surface area (Å²) >= 11 is 0. The summed E-state index contributed by atoms with van der Waals surface area (Å²) in [6, 6.07) is 10.1. The zero-order valence-corrected chi connectivity index (χ0v) is 17.1. The molecule has 1 fully saturated rings. The molecule has 0 N–H and O–H groups in total. The molecular formula is C23H22FN5O. The Bertz CT molecular complexity index is 1120. The third-order valence-electron chi connectivity index (χ3n) is 5.04. The minimum atomic E-state index is -0.422. The average molecular weight is 403 g/mol. The van der Waals surface area contributed by atoms with Gasteiger partial charge in [0.15, 0.2) is 0 Å². The molecule has 0 spiro atoms. The molecule has 0 saturated carbocycles. The Balaban J connectivity index is 1.90. The molecule has 1 aromatic carbocycles. The highest BCUT2D eigenvalue weighted by molar-refractivity contribution is 5.83. The molecule has 30 heavy (non-hydrogen) atoms. The van der Waals surface area contributed by atoms with Crippen LogP contribution < -0.4 is 4.90 Å². The molecule has 4 rings (SSSR count). The molecule has 2 aromatic heterocycles. The maximum atomic E-state index is 14.1.